The molecule has 0 aliphatic rings. The van der Waals surface area contributed by atoms with Gasteiger partial charge in [-0.05, 0) is 76.6 Å². The molecule has 0 unspecified atom stereocenters. The topological polar surface area (TPSA) is 97.4 Å². The van der Waals surface area contributed by atoms with Crippen molar-refractivity contribution < 1.29 is 17.9 Å². The van der Waals surface area contributed by atoms with Crippen LogP contribution in [0.25, 0.3) is 0 Å². The van der Waals surface area contributed by atoms with Gasteiger partial charge in [-0.2, -0.15) is 0 Å². The Labute approximate surface area is 220 Å². The monoisotopic (exact) mass is 591 g/mol. The van der Waals surface area contributed by atoms with Crippen LogP contribution in [-0.2, 0) is 10.0 Å². The van der Waals surface area contributed by atoms with E-state index < -0.39 is 15.9 Å². The lowest BCUT2D eigenvalue weighted by Crippen LogP contribution is -2.19. The standard InChI is InChI=1S/C24H16BrCl2N3O4S/c25-19-14-28-12-11-22(19)29-24(31)18-13-15(26)5-10-21(18)30-35(32,33)17-8-6-16(7-9-17)34-23-4-2-1-3-20(23)27/h1-14,30H,(H,28,29,31). The molecule has 1 amide bonds. The third-order valence-corrected chi connectivity index (χ3v) is 7.25. The summed E-state index contributed by atoms with van der Waals surface area (Å²) in [6.07, 6.45) is 3.04. The molecule has 4 aromatic rings. The van der Waals surface area contributed by atoms with Crippen molar-refractivity contribution in [1.29, 1.82) is 0 Å². The molecule has 0 saturated heterocycles. The molecule has 0 bridgehead atoms. The van der Waals surface area contributed by atoms with E-state index in [4.69, 9.17) is 27.9 Å². The van der Waals surface area contributed by atoms with E-state index in [1.807, 2.05) is 0 Å². The number of amides is 1. The summed E-state index contributed by atoms with van der Waals surface area (Å²) in [5.41, 5.74) is 0.574. The zero-order valence-electron chi connectivity index (χ0n) is 17.7. The molecular weight excluding hydrogens is 577 g/mol. The zero-order chi connectivity index (χ0) is 25.0. The Morgan fingerprint density at radius 2 is 1.69 bits per heavy atom. The van der Waals surface area contributed by atoms with E-state index in [0.717, 1.165) is 0 Å². The molecule has 0 fully saturated rings. The van der Waals surface area contributed by atoms with Crippen molar-refractivity contribution >= 4 is 66.4 Å². The molecule has 3 aromatic carbocycles. The molecule has 0 aliphatic carbocycles. The minimum atomic E-state index is -4.03. The number of carbonyl (C=O) groups excluding carboxylic acids is 1. The first-order valence-electron chi connectivity index (χ1n) is 9.98. The van der Waals surface area contributed by atoms with Gasteiger partial charge in [-0.1, -0.05) is 35.3 Å². The van der Waals surface area contributed by atoms with E-state index in [1.165, 1.54) is 54.9 Å². The van der Waals surface area contributed by atoms with E-state index in [0.29, 0.717) is 26.7 Å². The fourth-order valence-electron chi connectivity index (χ4n) is 3.00. The van der Waals surface area contributed by atoms with Gasteiger partial charge in [0, 0.05) is 17.4 Å². The molecule has 0 radical (unpaired) electrons. The first-order valence-corrected chi connectivity index (χ1v) is 13.0. The highest BCUT2D eigenvalue weighted by Gasteiger charge is 2.20. The van der Waals surface area contributed by atoms with Crippen molar-refractivity contribution in [3.05, 3.63) is 105 Å². The number of anilines is 2. The summed E-state index contributed by atoms with van der Waals surface area (Å²) in [7, 11) is -4.03. The van der Waals surface area contributed by atoms with E-state index in [9.17, 15) is 13.2 Å². The number of para-hydroxylation sites is 1. The van der Waals surface area contributed by atoms with E-state index >= 15 is 0 Å². The van der Waals surface area contributed by atoms with Crippen LogP contribution in [0, 0.1) is 0 Å². The van der Waals surface area contributed by atoms with Crippen molar-refractivity contribution in [2.24, 2.45) is 0 Å². The number of carbonyl (C=O) groups is 1. The minimum absolute atomic E-state index is 0.0257. The van der Waals surface area contributed by atoms with Gasteiger partial charge in [-0.15, -0.1) is 0 Å². The Kier molecular flexibility index (Phi) is 7.61. The van der Waals surface area contributed by atoms with Gasteiger partial charge < -0.3 is 10.1 Å². The highest BCUT2D eigenvalue weighted by molar-refractivity contribution is 9.10. The summed E-state index contributed by atoms with van der Waals surface area (Å²) in [5.74, 6) is 0.299. The highest BCUT2D eigenvalue weighted by atomic mass is 79.9. The van der Waals surface area contributed by atoms with Crippen molar-refractivity contribution in [3.8, 4) is 11.5 Å². The summed E-state index contributed by atoms with van der Waals surface area (Å²) in [4.78, 5) is 16.9. The molecule has 0 atom stereocenters. The number of sulfonamides is 1. The number of nitrogens with zero attached hydrogens (tertiary/aromatic N) is 1. The van der Waals surface area contributed by atoms with Gasteiger partial charge in [0.25, 0.3) is 15.9 Å². The van der Waals surface area contributed by atoms with Crippen molar-refractivity contribution in [1.82, 2.24) is 4.98 Å². The summed E-state index contributed by atoms with van der Waals surface area (Å²) < 4.78 is 34.8. The number of rotatable bonds is 7. The Morgan fingerprint density at radius 3 is 2.40 bits per heavy atom. The SMILES string of the molecule is O=C(Nc1ccncc1Br)c1cc(Cl)ccc1NS(=O)(=O)c1ccc(Oc2ccccc2Cl)cc1. The number of nitrogens with one attached hydrogen (secondary N) is 2. The van der Waals surface area contributed by atoms with Crippen molar-refractivity contribution in [3.63, 3.8) is 0 Å². The second kappa shape index (κ2) is 10.7. The zero-order valence-corrected chi connectivity index (χ0v) is 21.6. The van der Waals surface area contributed by atoms with Crippen LogP contribution in [0.5, 0.6) is 11.5 Å². The van der Waals surface area contributed by atoms with Crippen LogP contribution in [-0.4, -0.2) is 19.3 Å². The van der Waals surface area contributed by atoms with Crippen LogP contribution in [0.1, 0.15) is 10.4 Å². The highest BCUT2D eigenvalue weighted by Crippen LogP contribution is 2.30. The van der Waals surface area contributed by atoms with Gasteiger partial charge in [0.2, 0.25) is 0 Å². The molecule has 1 aromatic heterocycles. The molecule has 7 nitrogen and oxygen atoms in total. The molecule has 4 rings (SSSR count). The van der Waals surface area contributed by atoms with Crippen molar-refractivity contribution in [2.75, 3.05) is 10.0 Å². The lowest BCUT2D eigenvalue weighted by Gasteiger charge is -2.14. The lowest BCUT2D eigenvalue weighted by molar-refractivity contribution is 0.102. The van der Waals surface area contributed by atoms with Gasteiger partial charge in [0.05, 0.1) is 31.3 Å². The Morgan fingerprint density at radius 1 is 0.943 bits per heavy atom. The average molecular weight is 593 g/mol. The fraction of sp³-hybridized carbons (Fsp3) is 0. The third-order valence-electron chi connectivity index (χ3n) is 4.69. The predicted molar refractivity (Wildman–Crippen MR) is 140 cm³/mol. The quantitative estimate of drug-likeness (QED) is 0.241. The minimum Gasteiger partial charge on any atom is -0.456 e. The van der Waals surface area contributed by atoms with Gasteiger partial charge in [-0.3, -0.25) is 14.5 Å². The fourth-order valence-corrected chi connectivity index (χ4v) is 4.78. The predicted octanol–water partition coefficient (Wildman–Crippen LogP) is 7.00. The van der Waals surface area contributed by atoms with Crippen LogP contribution in [0.4, 0.5) is 11.4 Å². The Hall–Kier alpha value is -3.11. The first-order chi connectivity index (χ1) is 16.7. The maximum Gasteiger partial charge on any atom is 0.261 e. The summed E-state index contributed by atoms with van der Waals surface area (Å²) in [6, 6.07) is 18.6. The number of pyridine rings is 1. The largest absolute Gasteiger partial charge is 0.456 e. The number of hydrogen-bond acceptors (Lipinski definition) is 5. The number of halogens is 3. The summed E-state index contributed by atoms with van der Waals surface area (Å²) >= 11 is 15.5. The maximum atomic E-state index is 13.0. The normalized spacial score (nSPS) is 11.1. The van der Waals surface area contributed by atoms with E-state index in [1.54, 1.807) is 30.3 Å². The number of benzene rings is 3. The van der Waals surface area contributed by atoms with Gasteiger partial charge in [0.15, 0.2) is 0 Å². The molecule has 178 valence electrons. The maximum absolute atomic E-state index is 13.0. The third kappa shape index (κ3) is 6.12. The van der Waals surface area contributed by atoms with Crippen LogP contribution in [0.2, 0.25) is 10.0 Å². The molecule has 2 N–H and O–H groups in total. The van der Waals surface area contributed by atoms with Gasteiger partial charge in [0.1, 0.15) is 11.5 Å². The Bertz CT molecular complexity index is 1500. The number of aromatic nitrogens is 1. The molecule has 11 heteroatoms. The Balaban J connectivity index is 1.56. The van der Waals surface area contributed by atoms with Gasteiger partial charge in [-0.25, -0.2) is 8.42 Å². The molecule has 0 saturated carbocycles. The van der Waals surface area contributed by atoms with Crippen LogP contribution in [0.3, 0.4) is 0 Å². The molecule has 0 aliphatic heterocycles. The first kappa shape index (κ1) is 25.0. The van der Waals surface area contributed by atoms with Crippen LogP contribution in [0.15, 0.2) is 94.6 Å². The summed E-state index contributed by atoms with van der Waals surface area (Å²) in [5, 5.41) is 3.41. The second-order valence-corrected chi connectivity index (χ2v) is 10.5. The van der Waals surface area contributed by atoms with E-state index in [2.05, 4.69) is 31.0 Å². The number of hydrogen-bond donors (Lipinski definition) is 2. The van der Waals surface area contributed by atoms with Crippen LogP contribution < -0.4 is 14.8 Å². The smallest absolute Gasteiger partial charge is 0.261 e. The lowest BCUT2D eigenvalue weighted by atomic mass is 10.1. The van der Waals surface area contributed by atoms with E-state index in [-0.39, 0.29) is 21.2 Å². The van der Waals surface area contributed by atoms with Crippen molar-refractivity contribution in [2.45, 2.75) is 4.90 Å². The molecule has 35 heavy (non-hydrogen) atoms. The molecular formula is C24H16BrCl2N3O4S. The average Bonchev–Trinajstić information content (AvgIpc) is 2.83. The van der Waals surface area contributed by atoms with Gasteiger partial charge >= 0.3 is 0 Å². The molecule has 0 spiro atoms. The second-order valence-electron chi connectivity index (χ2n) is 7.11. The number of ether oxygens (including phenoxy) is 1. The summed E-state index contributed by atoms with van der Waals surface area (Å²) in [6.45, 7) is 0. The van der Waals surface area contributed by atoms with Crippen LogP contribution >= 0.6 is 39.1 Å². The molecule has 1 heterocycles.